The van der Waals surface area contributed by atoms with Crippen LogP contribution in [0.1, 0.15) is 15.8 Å². The van der Waals surface area contributed by atoms with Crippen molar-refractivity contribution >= 4 is 23.3 Å². The van der Waals surface area contributed by atoms with Crippen LogP contribution in [0.15, 0.2) is 12.1 Å². The van der Waals surface area contributed by atoms with Crippen molar-refractivity contribution in [2.45, 2.75) is 13.0 Å². The Hall–Kier alpha value is -1.36. The smallest absolute Gasteiger partial charge is 0.321 e. The average Bonchev–Trinajstić information content (AvgIpc) is 2.58. The fourth-order valence-electron chi connectivity index (χ4n) is 1.23. The predicted molar refractivity (Wildman–Crippen MR) is 48.5 cm³/mol. The Morgan fingerprint density at radius 2 is 2.15 bits per heavy atom. The first-order chi connectivity index (χ1) is 6.16. The number of aryl methyl sites for hydroxylation is 1. The lowest BCUT2D eigenvalue weighted by Crippen LogP contribution is -2.22. The summed E-state index contributed by atoms with van der Waals surface area (Å²) in [5, 5.41) is 4.74. The minimum absolute atomic E-state index is 0.271. The molecule has 0 bridgehead atoms. The summed E-state index contributed by atoms with van der Waals surface area (Å²) in [6.07, 6.45) is 0. The average molecular weight is 196 g/mol. The van der Waals surface area contributed by atoms with Crippen molar-refractivity contribution in [2.24, 2.45) is 0 Å². The quantitative estimate of drug-likeness (QED) is 0.657. The third-order valence-electron chi connectivity index (χ3n) is 1.82. The van der Waals surface area contributed by atoms with Crippen molar-refractivity contribution in [2.75, 3.05) is 0 Å². The predicted octanol–water partition coefficient (Wildman–Crippen LogP) is 0.937. The van der Waals surface area contributed by atoms with Crippen LogP contribution in [-0.2, 0) is 4.79 Å². The van der Waals surface area contributed by atoms with Gasteiger partial charge >= 0.3 is 6.03 Å². The fraction of sp³-hybridized carbons (Fsp3) is 0.250. The van der Waals surface area contributed by atoms with E-state index in [9.17, 15) is 9.59 Å². The minimum Gasteiger partial charge on any atom is -0.321 e. The molecule has 1 aliphatic rings. The molecular formula is C8H8N2O2S. The Morgan fingerprint density at radius 1 is 1.38 bits per heavy atom. The number of carbonyl (C=O) groups is 2. The Kier molecular flexibility index (Phi) is 1.81. The highest BCUT2D eigenvalue weighted by Crippen LogP contribution is 2.24. The molecule has 0 aliphatic carbocycles. The van der Waals surface area contributed by atoms with E-state index in [2.05, 4.69) is 10.6 Å². The van der Waals surface area contributed by atoms with Gasteiger partial charge in [0.1, 0.15) is 6.04 Å². The lowest BCUT2D eigenvalue weighted by atomic mass is 10.2. The highest BCUT2D eigenvalue weighted by molar-refractivity contribution is 7.12. The molecule has 1 fully saturated rings. The molecule has 4 nitrogen and oxygen atoms in total. The summed E-state index contributed by atoms with van der Waals surface area (Å²) in [6, 6.07) is 2.88. The second-order valence-electron chi connectivity index (χ2n) is 2.84. The zero-order chi connectivity index (χ0) is 9.42. The van der Waals surface area contributed by atoms with Crippen LogP contribution >= 0.6 is 11.3 Å². The summed E-state index contributed by atoms with van der Waals surface area (Å²) < 4.78 is 0. The van der Waals surface area contributed by atoms with Crippen molar-refractivity contribution < 1.29 is 9.59 Å². The van der Waals surface area contributed by atoms with Crippen molar-refractivity contribution in [3.8, 4) is 0 Å². The third kappa shape index (κ3) is 1.42. The molecule has 1 aliphatic heterocycles. The zero-order valence-electron chi connectivity index (χ0n) is 6.96. The largest absolute Gasteiger partial charge is 0.322 e. The first-order valence-corrected chi connectivity index (χ1v) is 4.66. The Balaban J connectivity index is 2.27. The number of imide groups is 1. The van der Waals surface area contributed by atoms with Gasteiger partial charge in [-0.2, -0.15) is 0 Å². The molecule has 68 valence electrons. The van der Waals surface area contributed by atoms with E-state index in [4.69, 9.17) is 0 Å². The van der Waals surface area contributed by atoms with Crippen molar-refractivity contribution in [1.29, 1.82) is 0 Å². The van der Waals surface area contributed by atoms with E-state index in [1.54, 1.807) is 0 Å². The van der Waals surface area contributed by atoms with Crippen molar-refractivity contribution in [3.05, 3.63) is 21.9 Å². The zero-order valence-corrected chi connectivity index (χ0v) is 7.77. The summed E-state index contributed by atoms with van der Waals surface area (Å²) in [7, 11) is 0. The van der Waals surface area contributed by atoms with E-state index in [1.165, 1.54) is 11.3 Å². The Labute approximate surface area is 78.9 Å². The van der Waals surface area contributed by atoms with Crippen LogP contribution in [0.2, 0.25) is 0 Å². The van der Waals surface area contributed by atoms with Gasteiger partial charge in [-0.25, -0.2) is 4.79 Å². The van der Waals surface area contributed by atoms with E-state index in [-0.39, 0.29) is 5.91 Å². The van der Waals surface area contributed by atoms with E-state index in [0.717, 1.165) is 9.75 Å². The van der Waals surface area contributed by atoms with Gasteiger partial charge in [-0.3, -0.25) is 10.1 Å². The number of thiophene rings is 1. The van der Waals surface area contributed by atoms with E-state index < -0.39 is 12.1 Å². The van der Waals surface area contributed by atoms with Gasteiger partial charge in [0.05, 0.1) is 0 Å². The topological polar surface area (TPSA) is 58.2 Å². The van der Waals surface area contributed by atoms with Crippen LogP contribution in [0.25, 0.3) is 0 Å². The lowest BCUT2D eigenvalue weighted by Gasteiger charge is -2.01. The van der Waals surface area contributed by atoms with Crippen LogP contribution in [0.5, 0.6) is 0 Å². The summed E-state index contributed by atoms with van der Waals surface area (Å²) in [6.45, 7) is 1.96. The molecule has 2 heterocycles. The summed E-state index contributed by atoms with van der Waals surface area (Å²) in [5.74, 6) is -0.271. The molecule has 3 amide bonds. The summed E-state index contributed by atoms with van der Waals surface area (Å²) in [5.41, 5.74) is 0. The van der Waals surface area contributed by atoms with Gasteiger partial charge in [-0.1, -0.05) is 0 Å². The molecule has 0 aromatic carbocycles. The number of rotatable bonds is 1. The second-order valence-corrected chi connectivity index (χ2v) is 4.16. The van der Waals surface area contributed by atoms with Crippen molar-refractivity contribution in [3.63, 3.8) is 0 Å². The van der Waals surface area contributed by atoms with Gasteiger partial charge in [0.25, 0.3) is 5.91 Å². The molecule has 1 unspecified atom stereocenters. The monoisotopic (exact) mass is 196 g/mol. The maximum absolute atomic E-state index is 11.2. The van der Waals surface area contributed by atoms with E-state index in [0.29, 0.717) is 0 Å². The number of carbonyl (C=O) groups excluding carboxylic acids is 2. The SMILES string of the molecule is Cc1ccc(C2NC(=O)NC2=O)s1. The molecule has 0 spiro atoms. The number of urea groups is 1. The molecule has 1 atom stereocenters. The molecule has 5 heteroatoms. The highest BCUT2D eigenvalue weighted by atomic mass is 32.1. The fourth-order valence-corrected chi connectivity index (χ4v) is 2.15. The first-order valence-electron chi connectivity index (χ1n) is 3.84. The van der Waals surface area contributed by atoms with Gasteiger partial charge < -0.3 is 5.32 Å². The van der Waals surface area contributed by atoms with Gasteiger partial charge in [0.2, 0.25) is 0 Å². The van der Waals surface area contributed by atoms with Gasteiger partial charge in [-0.15, -0.1) is 11.3 Å². The number of hydrogen-bond acceptors (Lipinski definition) is 3. The highest BCUT2D eigenvalue weighted by Gasteiger charge is 2.31. The molecule has 2 rings (SSSR count). The van der Waals surface area contributed by atoms with Crippen LogP contribution in [0, 0.1) is 6.92 Å². The maximum Gasteiger partial charge on any atom is 0.322 e. The molecule has 0 saturated carbocycles. The molecular weight excluding hydrogens is 188 g/mol. The first kappa shape index (κ1) is 8.25. The number of amides is 3. The maximum atomic E-state index is 11.2. The number of nitrogens with one attached hydrogen (secondary N) is 2. The third-order valence-corrected chi connectivity index (χ3v) is 2.89. The normalized spacial score (nSPS) is 21.5. The Bertz CT molecular complexity index is 372. The molecule has 1 aromatic rings. The van der Waals surface area contributed by atoms with Gasteiger partial charge in [0, 0.05) is 9.75 Å². The molecule has 2 N–H and O–H groups in total. The molecule has 1 saturated heterocycles. The summed E-state index contributed by atoms with van der Waals surface area (Å²) >= 11 is 1.52. The molecule has 0 radical (unpaired) electrons. The molecule has 1 aromatic heterocycles. The Morgan fingerprint density at radius 3 is 2.62 bits per heavy atom. The van der Waals surface area contributed by atoms with Gasteiger partial charge in [-0.05, 0) is 19.1 Å². The van der Waals surface area contributed by atoms with Gasteiger partial charge in [0.15, 0.2) is 0 Å². The standard InChI is InChI=1S/C8H8N2O2S/c1-4-2-3-5(13-4)6-7(11)10-8(12)9-6/h2-3,6H,1H3,(H2,9,10,11,12). The van der Waals surface area contributed by atoms with Crippen LogP contribution in [0.3, 0.4) is 0 Å². The number of hydrogen-bond donors (Lipinski definition) is 2. The lowest BCUT2D eigenvalue weighted by molar-refractivity contribution is -0.120. The van der Waals surface area contributed by atoms with Crippen molar-refractivity contribution in [1.82, 2.24) is 10.6 Å². The van der Waals surface area contributed by atoms with Crippen LogP contribution in [0.4, 0.5) is 4.79 Å². The second kappa shape index (κ2) is 2.85. The summed E-state index contributed by atoms with van der Waals surface area (Å²) in [4.78, 5) is 24.0. The molecule has 13 heavy (non-hydrogen) atoms. The minimum atomic E-state index is -0.494. The van der Waals surface area contributed by atoms with Crippen LogP contribution < -0.4 is 10.6 Å². The van der Waals surface area contributed by atoms with Crippen LogP contribution in [-0.4, -0.2) is 11.9 Å². The van der Waals surface area contributed by atoms with E-state index >= 15 is 0 Å². The van der Waals surface area contributed by atoms with E-state index in [1.807, 2.05) is 19.1 Å².